The number of rotatable bonds is 3. The van der Waals surface area contributed by atoms with Crippen LogP contribution in [0.25, 0.3) is 0 Å². The topological polar surface area (TPSA) is 65.7 Å². The Labute approximate surface area is 118 Å². The Morgan fingerprint density at radius 3 is 2.55 bits per heavy atom. The summed E-state index contributed by atoms with van der Waals surface area (Å²) in [7, 11) is 1.87. The molecule has 0 radical (unpaired) electrons. The van der Waals surface area contributed by atoms with E-state index >= 15 is 0 Å². The van der Waals surface area contributed by atoms with Crippen LogP contribution in [0.5, 0.6) is 0 Å². The molecule has 7 nitrogen and oxygen atoms in total. The van der Waals surface area contributed by atoms with Crippen molar-refractivity contribution in [2.45, 2.75) is 32.4 Å². The van der Waals surface area contributed by atoms with Gasteiger partial charge in [0.05, 0.1) is 6.54 Å². The fourth-order valence-electron chi connectivity index (χ4n) is 3.00. The number of likely N-dealkylation sites (tertiary alicyclic amines) is 1. The molecule has 0 unspecified atom stereocenters. The molecule has 0 atom stereocenters. The van der Waals surface area contributed by atoms with Crippen molar-refractivity contribution in [2.24, 2.45) is 0 Å². The van der Waals surface area contributed by atoms with Gasteiger partial charge in [0, 0.05) is 46.2 Å². The number of carbonyl (C=O) groups is 1. The number of hydrogen-bond acceptors (Lipinski definition) is 5. The number of likely N-dealkylation sites (N-methyl/N-ethyl adjacent to an activating group) is 1. The van der Waals surface area contributed by atoms with Gasteiger partial charge in [0.2, 0.25) is 5.89 Å². The van der Waals surface area contributed by atoms with Gasteiger partial charge in [-0.3, -0.25) is 4.90 Å². The van der Waals surface area contributed by atoms with Crippen LogP contribution in [-0.2, 0) is 6.54 Å². The van der Waals surface area contributed by atoms with E-state index < -0.39 is 0 Å². The average molecular weight is 279 g/mol. The summed E-state index contributed by atoms with van der Waals surface area (Å²) in [6, 6.07) is 0.563. The van der Waals surface area contributed by atoms with E-state index in [1.807, 2.05) is 11.9 Å². The third-order valence-electron chi connectivity index (χ3n) is 4.18. The highest BCUT2D eigenvalue weighted by Crippen LogP contribution is 2.21. The number of amides is 2. The lowest BCUT2D eigenvalue weighted by Crippen LogP contribution is -2.46. The Hall–Kier alpha value is -1.63. The first-order chi connectivity index (χ1) is 9.63. The van der Waals surface area contributed by atoms with E-state index in [4.69, 9.17) is 4.52 Å². The zero-order valence-electron chi connectivity index (χ0n) is 12.1. The third kappa shape index (κ3) is 2.63. The Morgan fingerprint density at radius 2 is 2.00 bits per heavy atom. The molecular weight excluding hydrogens is 258 g/mol. The lowest BCUT2D eigenvalue weighted by Gasteiger charge is -2.35. The van der Waals surface area contributed by atoms with E-state index in [2.05, 4.69) is 15.0 Å². The minimum Gasteiger partial charge on any atom is -0.340 e. The highest BCUT2D eigenvalue weighted by molar-refractivity contribution is 5.76. The molecule has 1 aromatic heterocycles. The normalized spacial score (nSPS) is 22.0. The molecule has 0 spiro atoms. The molecular formula is C13H21N5O2. The van der Waals surface area contributed by atoms with Gasteiger partial charge in [0.1, 0.15) is 0 Å². The molecule has 0 saturated carbocycles. The smallest absolute Gasteiger partial charge is 0.320 e. The fraction of sp³-hybridized carbons (Fsp3) is 0.769. The van der Waals surface area contributed by atoms with Crippen LogP contribution in [0.2, 0.25) is 0 Å². The second kappa shape index (κ2) is 5.40. The zero-order valence-corrected chi connectivity index (χ0v) is 12.1. The quantitative estimate of drug-likeness (QED) is 0.815. The van der Waals surface area contributed by atoms with Crippen molar-refractivity contribution in [3.05, 3.63) is 11.7 Å². The second-order valence-electron chi connectivity index (χ2n) is 5.63. The first kappa shape index (κ1) is 13.4. The fourth-order valence-corrected chi connectivity index (χ4v) is 3.00. The van der Waals surface area contributed by atoms with Crippen molar-refractivity contribution in [3.8, 4) is 0 Å². The monoisotopic (exact) mass is 279 g/mol. The Kier molecular flexibility index (Phi) is 3.60. The molecule has 0 bridgehead atoms. The van der Waals surface area contributed by atoms with Crippen LogP contribution < -0.4 is 0 Å². The molecule has 0 N–H and O–H groups in total. The summed E-state index contributed by atoms with van der Waals surface area (Å²) in [4.78, 5) is 22.4. The molecule has 110 valence electrons. The SMILES string of the molecule is Cc1nc(CN2CCC(N3CCN(C)C3=O)CC2)no1. The standard InChI is InChI=1S/C13H21N5O2/c1-10-14-12(15-20-10)9-17-5-3-11(4-6-17)18-8-7-16(2)13(18)19/h11H,3-9H2,1-2H3. The van der Waals surface area contributed by atoms with Gasteiger partial charge in [0.25, 0.3) is 0 Å². The van der Waals surface area contributed by atoms with E-state index in [0.29, 0.717) is 11.9 Å². The van der Waals surface area contributed by atoms with Gasteiger partial charge in [-0.2, -0.15) is 4.98 Å². The van der Waals surface area contributed by atoms with Gasteiger partial charge in [-0.15, -0.1) is 0 Å². The van der Waals surface area contributed by atoms with Crippen molar-refractivity contribution < 1.29 is 9.32 Å². The van der Waals surface area contributed by atoms with Crippen LogP contribution in [0.3, 0.4) is 0 Å². The van der Waals surface area contributed by atoms with E-state index in [0.717, 1.165) is 51.4 Å². The molecule has 2 saturated heterocycles. The van der Waals surface area contributed by atoms with Crippen LogP contribution in [-0.4, -0.2) is 70.1 Å². The first-order valence-electron chi connectivity index (χ1n) is 7.17. The molecule has 7 heteroatoms. The Morgan fingerprint density at radius 1 is 1.25 bits per heavy atom. The van der Waals surface area contributed by atoms with Gasteiger partial charge in [0.15, 0.2) is 5.82 Å². The number of hydrogen-bond donors (Lipinski definition) is 0. The minimum atomic E-state index is 0.178. The van der Waals surface area contributed by atoms with Crippen molar-refractivity contribution in [1.82, 2.24) is 24.8 Å². The average Bonchev–Trinajstić information content (AvgIpc) is 2.99. The molecule has 1 aromatic rings. The number of piperidine rings is 1. The number of aryl methyl sites for hydroxylation is 1. The molecule has 2 aliphatic heterocycles. The largest absolute Gasteiger partial charge is 0.340 e. The minimum absolute atomic E-state index is 0.178. The van der Waals surface area contributed by atoms with Gasteiger partial charge >= 0.3 is 6.03 Å². The molecule has 2 aliphatic rings. The number of nitrogens with zero attached hydrogens (tertiary/aromatic N) is 5. The number of carbonyl (C=O) groups excluding carboxylic acids is 1. The van der Waals surface area contributed by atoms with Gasteiger partial charge in [-0.1, -0.05) is 5.16 Å². The maximum absolute atomic E-state index is 12.0. The Bertz CT molecular complexity index is 481. The van der Waals surface area contributed by atoms with Crippen molar-refractivity contribution in [2.75, 3.05) is 33.2 Å². The molecule has 2 amide bonds. The van der Waals surface area contributed by atoms with E-state index in [1.54, 1.807) is 11.8 Å². The van der Waals surface area contributed by atoms with Crippen LogP contribution in [0, 0.1) is 6.92 Å². The molecule has 3 rings (SSSR count). The van der Waals surface area contributed by atoms with Crippen LogP contribution in [0.15, 0.2) is 4.52 Å². The van der Waals surface area contributed by atoms with E-state index in [-0.39, 0.29) is 6.03 Å². The summed E-state index contributed by atoms with van der Waals surface area (Å²) in [6.45, 7) is 6.21. The maximum atomic E-state index is 12.0. The van der Waals surface area contributed by atoms with Crippen molar-refractivity contribution in [1.29, 1.82) is 0 Å². The third-order valence-corrected chi connectivity index (χ3v) is 4.18. The van der Waals surface area contributed by atoms with E-state index in [1.165, 1.54) is 0 Å². The van der Waals surface area contributed by atoms with Crippen molar-refractivity contribution in [3.63, 3.8) is 0 Å². The molecule has 0 aromatic carbocycles. The van der Waals surface area contributed by atoms with Crippen LogP contribution in [0.4, 0.5) is 4.79 Å². The summed E-state index contributed by atoms with van der Waals surface area (Å²) in [5.41, 5.74) is 0. The summed E-state index contributed by atoms with van der Waals surface area (Å²) in [5, 5.41) is 3.93. The predicted molar refractivity (Wildman–Crippen MR) is 72.1 cm³/mol. The summed E-state index contributed by atoms with van der Waals surface area (Å²) in [5.74, 6) is 1.36. The maximum Gasteiger partial charge on any atom is 0.320 e. The predicted octanol–water partition coefficient (Wildman–Crippen LogP) is 0.710. The van der Waals surface area contributed by atoms with Crippen LogP contribution >= 0.6 is 0 Å². The number of urea groups is 1. The summed E-state index contributed by atoms with van der Waals surface area (Å²) < 4.78 is 4.99. The van der Waals surface area contributed by atoms with Gasteiger partial charge < -0.3 is 14.3 Å². The number of aromatic nitrogens is 2. The molecule has 3 heterocycles. The summed E-state index contributed by atoms with van der Waals surface area (Å²) in [6.07, 6.45) is 2.05. The first-order valence-corrected chi connectivity index (χ1v) is 7.17. The lowest BCUT2D eigenvalue weighted by molar-refractivity contribution is 0.125. The lowest BCUT2D eigenvalue weighted by atomic mass is 10.0. The molecule has 0 aliphatic carbocycles. The van der Waals surface area contributed by atoms with E-state index in [9.17, 15) is 4.79 Å². The van der Waals surface area contributed by atoms with Crippen LogP contribution in [0.1, 0.15) is 24.6 Å². The zero-order chi connectivity index (χ0) is 14.1. The highest BCUT2D eigenvalue weighted by Gasteiger charge is 2.33. The summed E-state index contributed by atoms with van der Waals surface area (Å²) >= 11 is 0. The Balaban J connectivity index is 1.51. The highest BCUT2D eigenvalue weighted by atomic mass is 16.5. The van der Waals surface area contributed by atoms with Gasteiger partial charge in [-0.25, -0.2) is 4.79 Å². The second-order valence-corrected chi connectivity index (χ2v) is 5.63. The van der Waals surface area contributed by atoms with Crippen molar-refractivity contribution >= 4 is 6.03 Å². The van der Waals surface area contributed by atoms with Gasteiger partial charge in [-0.05, 0) is 12.8 Å². The molecule has 2 fully saturated rings. The molecule has 20 heavy (non-hydrogen) atoms.